The van der Waals surface area contributed by atoms with Gasteiger partial charge in [0.05, 0.1) is 31.6 Å². The molecule has 0 aromatic carbocycles. The average Bonchev–Trinajstić information content (AvgIpc) is 2.74. The molecule has 0 radical (unpaired) electrons. The van der Waals surface area contributed by atoms with Gasteiger partial charge in [0.2, 0.25) is 0 Å². The summed E-state index contributed by atoms with van der Waals surface area (Å²) in [6.45, 7) is 3.53. The molecular formula is C12H23N3O2. The largest absolute Gasteiger partial charge is 0.394 e. The number of aliphatic hydroxyl groups is 1. The summed E-state index contributed by atoms with van der Waals surface area (Å²) >= 11 is 0. The molecule has 1 aromatic rings. The van der Waals surface area contributed by atoms with Gasteiger partial charge in [0.1, 0.15) is 0 Å². The highest BCUT2D eigenvalue weighted by Crippen LogP contribution is 2.11. The van der Waals surface area contributed by atoms with Crippen molar-refractivity contribution in [1.29, 1.82) is 0 Å². The second kappa shape index (κ2) is 8.08. The van der Waals surface area contributed by atoms with E-state index in [9.17, 15) is 0 Å². The molecule has 0 amide bonds. The van der Waals surface area contributed by atoms with Crippen molar-refractivity contribution in [3.63, 3.8) is 0 Å². The molecule has 1 unspecified atom stereocenters. The summed E-state index contributed by atoms with van der Waals surface area (Å²) in [5.41, 5.74) is 0.983. The topological polar surface area (TPSA) is 59.3 Å². The van der Waals surface area contributed by atoms with Gasteiger partial charge in [-0.15, -0.1) is 0 Å². The monoisotopic (exact) mass is 241 g/mol. The Balaban J connectivity index is 2.46. The molecule has 1 atom stereocenters. The maximum atomic E-state index is 8.81. The lowest BCUT2D eigenvalue weighted by molar-refractivity contribution is 0.182. The maximum absolute atomic E-state index is 8.81. The van der Waals surface area contributed by atoms with E-state index in [-0.39, 0.29) is 6.61 Å². The quantitative estimate of drug-likeness (QED) is 0.687. The number of methoxy groups -OCH3 is 1. The Bertz CT molecular complexity index is 302. The zero-order valence-electron chi connectivity index (χ0n) is 10.7. The third kappa shape index (κ3) is 5.19. The number of nitrogens with zero attached hydrogens (tertiary/aromatic N) is 2. The van der Waals surface area contributed by atoms with E-state index in [1.807, 2.05) is 6.20 Å². The molecule has 0 saturated carbocycles. The van der Waals surface area contributed by atoms with E-state index in [0.29, 0.717) is 19.2 Å². The van der Waals surface area contributed by atoms with Crippen molar-refractivity contribution in [3.8, 4) is 0 Å². The van der Waals surface area contributed by atoms with E-state index < -0.39 is 0 Å². The van der Waals surface area contributed by atoms with Crippen LogP contribution in [0.2, 0.25) is 0 Å². The van der Waals surface area contributed by atoms with E-state index in [0.717, 1.165) is 12.1 Å². The van der Waals surface area contributed by atoms with Crippen molar-refractivity contribution in [2.24, 2.45) is 0 Å². The molecule has 0 spiro atoms. The Labute approximate surface area is 103 Å². The number of hydrogen-bond donors (Lipinski definition) is 2. The minimum Gasteiger partial charge on any atom is -0.394 e. The number of rotatable bonds is 9. The number of ether oxygens (including phenoxy) is 1. The first-order chi connectivity index (χ1) is 8.30. The zero-order valence-corrected chi connectivity index (χ0v) is 10.7. The van der Waals surface area contributed by atoms with Crippen LogP contribution in [0.15, 0.2) is 12.4 Å². The molecule has 0 aliphatic carbocycles. The minimum absolute atomic E-state index is 0.110. The number of aromatic nitrogens is 2. The zero-order chi connectivity index (χ0) is 12.5. The molecule has 0 saturated heterocycles. The summed E-state index contributed by atoms with van der Waals surface area (Å²) in [6, 6.07) is 0.326. The van der Waals surface area contributed by atoms with Crippen LogP contribution in [-0.4, -0.2) is 41.3 Å². The summed E-state index contributed by atoms with van der Waals surface area (Å²) in [5, 5.41) is 16.4. The molecule has 1 rings (SSSR count). The van der Waals surface area contributed by atoms with Crippen LogP contribution in [0.3, 0.4) is 0 Å². The van der Waals surface area contributed by atoms with Crippen molar-refractivity contribution in [2.75, 3.05) is 25.6 Å². The van der Waals surface area contributed by atoms with Gasteiger partial charge in [0.25, 0.3) is 0 Å². The number of anilines is 1. The molecule has 0 fully saturated rings. The van der Waals surface area contributed by atoms with Gasteiger partial charge in [-0.1, -0.05) is 19.8 Å². The van der Waals surface area contributed by atoms with Crippen LogP contribution in [0, 0.1) is 0 Å². The third-order valence-electron chi connectivity index (χ3n) is 2.61. The van der Waals surface area contributed by atoms with Gasteiger partial charge in [-0.25, -0.2) is 0 Å². The molecule has 1 aromatic heterocycles. The molecule has 0 aliphatic heterocycles. The van der Waals surface area contributed by atoms with E-state index in [1.165, 1.54) is 12.8 Å². The first-order valence-electron chi connectivity index (χ1n) is 6.19. The lowest BCUT2D eigenvalue weighted by atomic mass is 10.1. The van der Waals surface area contributed by atoms with E-state index in [2.05, 4.69) is 17.3 Å². The average molecular weight is 241 g/mol. The normalized spacial score (nSPS) is 12.6. The summed E-state index contributed by atoms with van der Waals surface area (Å²) in [7, 11) is 1.72. The highest BCUT2D eigenvalue weighted by Gasteiger charge is 2.08. The van der Waals surface area contributed by atoms with Crippen LogP contribution in [0.1, 0.15) is 26.2 Å². The van der Waals surface area contributed by atoms with E-state index >= 15 is 0 Å². The standard InChI is InChI=1S/C12H23N3O2/c1-3-4-5-11(10-17-2)14-12-8-13-15(9-12)6-7-16/h8-9,11,14,16H,3-7,10H2,1-2H3. The summed E-state index contributed by atoms with van der Waals surface area (Å²) in [6.07, 6.45) is 7.15. The van der Waals surface area contributed by atoms with Crippen molar-refractivity contribution < 1.29 is 9.84 Å². The summed E-state index contributed by atoms with van der Waals surface area (Å²) < 4.78 is 6.93. The molecule has 5 nitrogen and oxygen atoms in total. The van der Waals surface area contributed by atoms with Crippen LogP contribution in [-0.2, 0) is 11.3 Å². The first-order valence-corrected chi connectivity index (χ1v) is 6.19. The van der Waals surface area contributed by atoms with E-state index in [4.69, 9.17) is 9.84 Å². The molecule has 1 heterocycles. The molecule has 5 heteroatoms. The molecule has 17 heavy (non-hydrogen) atoms. The van der Waals surface area contributed by atoms with Crippen LogP contribution in [0.4, 0.5) is 5.69 Å². The van der Waals surface area contributed by atoms with Crippen molar-refractivity contribution in [2.45, 2.75) is 38.8 Å². The Hall–Kier alpha value is -1.07. The lowest BCUT2D eigenvalue weighted by Crippen LogP contribution is -2.24. The van der Waals surface area contributed by atoms with Crippen molar-refractivity contribution in [3.05, 3.63) is 12.4 Å². The number of aliphatic hydroxyl groups excluding tert-OH is 1. The number of unbranched alkanes of at least 4 members (excludes halogenated alkanes) is 1. The Morgan fingerprint density at radius 1 is 1.59 bits per heavy atom. The summed E-state index contributed by atoms with van der Waals surface area (Å²) in [4.78, 5) is 0. The SMILES string of the molecule is CCCCC(COC)Nc1cnn(CCO)c1. The van der Waals surface area contributed by atoms with Crippen LogP contribution in [0.25, 0.3) is 0 Å². The van der Waals surface area contributed by atoms with Crippen molar-refractivity contribution >= 4 is 5.69 Å². The summed E-state index contributed by atoms with van der Waals surface area (Å²) in [5.74, 6) is 0. The van der Waals surface area contributed by atoms with Gasteiger partial charge in [-0.3, -0.25) is 4.68 Å². The van der Waals surface area contributed by atoms with Crippen LogP contribution in [0.5, 0.6) is 0 Å². The van der Waals surface area contributed by atoms with Gasteiger partial charge in [-0.05, 0) is 6.42 Å². The first kappa shape index (κ1) is 14.0. The molecule has 2 N–H and O–H groups in total. The van der Waals surface area contributed by atoms with E-state index in [1.54, 1.807) is 18.0 Å². The van der Waals surface area contributed by atoms with Gasteiger partial charge in [0.15, 0.2) is 0 Å². The maximum Gasteiger partial charge on any atom is 0.0729 e. The Morgan fingerprint density at radius 3 is 3.06 bits per heavy atom. The van der Waals surface area contributed by atoms with Gasteiger partial charge >= 0.3 is 0 Å². The van der Waals surface area contributed by atoms with Gasteiger partial charge < -0.3 is 15.2 Å². The fraction of sp³-hybridized carbons (Fsp3) is 0.750. The van der Waals surface area contributed by atoms with Crippen LogP contribution < -0.4 is 5.32 Å². The number of hydrogen-bond acceptors (Lipinski definition) is 4. The predicted molar refractivity (Wildman–Crippen MR) is 68.1 cm³/mol. The van der Waals surface area contributed by atoms with Gasteiger partial charge in [-0.2, -0.15) is 5.10 Å². The molecule has 0 aliphatic rings. The smallest absolute Gasteiger partial charge is 0.0729 e. The second-order valence-corrected chi connectivity index (χ2v) is 4.15. The van der Waals surface area contributed by atoms with Crippen molar-refractivity contribution in [1.82, 2.24) is 9.78 Å². The Kier molecular flexibility index (Phi) is 6.65. The highest BCUT2D eigenvalue weighted by molar-refractivity contribution is 5.39. The minimum atomic E-state index is 0.110. The predicted octanol–water partition coefficient (Wildman–Crippen LogP) is 1.49. The molecule has 98 valence electrons. The third-order valence-corrected chi connectivity index (χ3v) is 2.61. The lowest BCUT2D eigenvalue weighted by Gasteiger charge is -2.17. The molecular weight excluding hydrogens is 218 g/mol. The number of nitrogens with one attached hydrogen (secondary N) is 1. The molecule has 0 bridgehead atoms. The fourth-order valence-corrected chi connectivity index (χ4v) is 1.75. The Morgan fingerprint density at radius 2 is 2.41 bits per heavy atom. The second-order valence-electron chi connectivity index (χ2n) is 4.15. The fourth-order valence-electron chi connectivity index (χ4n) is 1.75. The van der Waals surface area contributed by atoms with Crippen LogP contribution >= 0.6 is 0 Å². The van der Waals surface area contributed by atoms with Gasteiger partial charge in [0, 0.05) is 19.3 Å². The highest BCUT2D eigenvalue weighted by atomic mass is 16.5.